The third-order valence-electron chi connectivity index (χ3n) is 3.19. The summed E-state index contributed by atoms with van der Waals surface area (Å²) in [6.45, 7) is 1.85. The standard InChI is InChI=1S/C16H12N4OS2/c1-10-7-22-16(20-10)12(6-17)14(21)8-23-15-11-4-2-3-5-13(11)18-9-19-15/h2-5,7,9,12H,8H2,1H3/t12-/m0/s1. The summed E-state index contributed by atoms with van der Waals surface area (Å²) in [4.78, 5) is 25.1. The third kappa shape index (κ3) is 3.38. The predicted molar refractivity (Wildman–Crippen MR) is 90.5 cm³/mol. The molecular formula is C16H12N4OS2. The molecule has 0 spiro atoms. The lowest BCUT2D eigenvalue weighted by Gasteiger charge is -2.06. The minimum absolute atomic E-state index is 0.158. The number of aryl methyl sites for hydroxylation is 1. The Morgan fingerprint density at radius 2 is 2.22 bits per heavy atom. The summed E-state index contributed by atoms with van der Waals surface area (Å²) in [5.41, 5.74) is 1.66. The number of para-hydroxylation sites is 1. The molecule has 2 heterocycles. The van der Waals surface area contributed by atoms with Crippen LogP contribution >= 0.6 is 23.1 Å². The van der Waals surface area contributed by atoms with Gasteiger partial charge in [-0.15, -0.1) is 11.3 Å². The van der Waals surface area contributed by atoms with Crippen LogP contribution in [0.3, 0.4) is 0 Å². The van der Waals surface area contributed by atoms with Gasteiger partial charge in [-0.05, 0) is 13.0 Å². The van der Waals surface area contributed by atoms with Crippen LogP contribution in [0.25, 0.3) is 10.9 Å². The topological polar surface area (TPSA) is 79.5 Å². The average molecular weight is 340 g/mol. The van der Waals surface area contributed by atoms with Gasteiger partial charge in [0.2, 0.25) is 0 Å². The van der Waals surface area contributed by atoms with E-state index in [-0.39, 0.29) is 11.5 Å². The molecule has 0 saturated carbocycles. The zero-order valence-corrected chi connectivity index (χ0v) is 13.9. The van der Waals surface area contributed by atoms with Gasteiger partial charge in [0.15, 0.2) is 11.7 Å². The number of hydrogen-bond acceptors (Lipinski definition) is 7. The molecule has 2 aromatic heterocycles. The summed E-state index contributed by atoms with van der Waals surface area (Å²) in [5.74, 6) is -0.790. The number of rotatable bonds is 5. The molecule has 0 aliphatic carbocycles. The lowest BCUT2D eigenvalue weighted by Crippen LogP contribution is -2.13. The third-order valence-corrected chi connectivity index (χ3v) is 5.25. The molecule has 0 fully saturated rings. The maximum atomic E-state index is 12.4. The Balaban J connectivity index is 1.76. The highest BCUT2D eigenvalue weighted by Gasteiger charge is 2.23. The van der Waals surface area contributed by atoms with Crippen LogP contribution in [0.2, 0.25) is 0 Å². The first kappa shape index (κ1) is 15.6. The van der Waals surface area contributed by atoms with E-state index in [0.29, 0.717) is 5.01 Å². The van der Waals surface area contributed by atoms with E-state index >= 15 is 0 Å². The second kappa shape index (κ2) is 6.86. The van der Waals surface area contributed by atoms with E-state index in [2.05, 4.69) is 21.0 Å². The van der Waals surface area contributed by atoms with Crippen molar-refractivity contribution in [3.63, 3.8) is 0 Å². The van der Waals surface area contributed by atoms with Gasteiger partial charge in [0.05, 0.1) is 17.3 Å². The number of fused-ring (bicyclic) bond motifs is 1. The van der Waals surface area contributed by atoms with Crippen LogP contribution < -0.4 is 0 Å². The summed E-state index contributed by atoms with van der Waals surface area (Å²) < 4.78 is 0. The van der Waals surface area contributed by atoms with E-state index < -0.39 is 5.92 Å². The Morgan fingerprint density at radius 3 is 2.96 bits per heavy atom. The van der Waals surface area contributed by atoms with Crippen LogP contribution in [0.15, 0.2) is 41.0 Å². The fraction of sp³-hybridized carbons (Fsp3) is 0.188. The van der Waals surface area contributed by atoms with Gasteiger partial charge in [-0.3, -0.25) is 4.79 Å². The number of benzene rings is 1. The number of aromatic nitrogens is 3. The molecule has 23 heavy (non-hydrogen) atoms. The molecule has 0 aliphatic rings. The van der Waals surface area contributed by atoms with E-state index in [1.807, 2.05) is 36.6 Å². The van der Waals surface area contributed by atoms with E-state index in [1.165, 1.54) is 29.4 Å². The highest BCUT2D eigenvalue weighted by atomic mass is 32.2. The number of ketones is 1. The Morgan fingerprint density at radius 1 is 1.39 bits per heavy atom. The number of carbonyl (C=O) groups excluding carboxylic acids is 1. The largest absolute Gasteiger partial charge is 0.297 e. The monoisotopic (exact) mass is 340 g/mol. The van der Waals surface area contributed by atoms with Crippen molar-refractivity contribution in [1.82, 2.24) is 15.0 Å². The van der Waals surface area contributed by atoms with Gasteiger partial charge >= 0.3 is 0 Å². The molecule has 3 rings (SSSR count). The van der Waals surface area contributed by atoms with Gasteiger partial charge in [-0.1, -0.05) is 30.0 Å². The number of thioether (sulfide) groups is 1. The molecule has 5 nitrogen and oxygen atoms in total. The van der Waals surface area contributed by atoms with Crippen molar-refractivity contribution in [3.05, 3.63) is 46.7 Å². The maximum Gasteiger partial charge on any atom is 0.167 e. The molecule has 1 atom stereocenters. The van der Waals surface area contributed by atoms with Gasteiger partial charge in [0.25, 0.3) is 0 Å². The van der Waals surface area contributed by atoms with Crippen molar-refractivity contribution < 1.29 is 4.79 Å². The van der Waals surface area contributed by atoms with Crippen LogP contribution in [0.4, 0.5) is 0 Å². The lowest BCUT2D eigenvalue weighted by atomic mass is 10.1. The molecular weight excluding hydrogens is 328 g/mol. The number of thiazole rings is 1. The molecule has 0 unspecified atom stereocenters. The smallest absolute Gasteiger partial charge is 0.167 e. The molecule has 0 radical (unpaired) electrons. The first-order valence-corrected chi connectivity index (χ1v) is 8.72. The minimum atomic E-state index is -0.811. The second-order valence-electron chi connectivity index (χ2n) is 4.84. The van der Waals surface area contributed by atoms with Crippen LogP contribution in [0.1, 0.15) is 16.6 Å². The fourth-order valence-corrected chi connectivity index (χ4v) is 3.84. The quantitative estimate of drug-likeness (QED) is 0.523. The number of carbonyl (C=O) groups is 1. The van der Waals surface area contributed by atoms with Crippen LogP contribution in [-0.4, -0.2) is 26.5 Å². The summed E-state index contributed by atoms with van der Waals surface area (Å²) in [5, 5.41) is 13.3. The van der Waals surface area contributed by atoms with Crippen LogP contribution in [-0.2, 0) is 4.79 Å². The fourth-order valence-electron chi connectivity index (χ4n) is 2.09. The van der Waals surface area contributed by atoms with Crippen molar-refractivity contribution in [2.75, 3.05) is 5.75 Å². The lowest BCUT2D eigenvalue weighted by molar-refractivity contribution is -0.116. The highest BCUT2D eigenvalue weighted by molar-refractivity contribution is 8.00. The average Bonchev–Trinajstić information content (AvgIpc) is 2.99. The van der Waals surface area contributed by atoms with Crippen molar-refractivity contribution >= 4 is 39.8 Å². The Kier molecular flexibility index (Phi) is 4.65. The van der Waals surface area contributed by atoms with Gasteiger partial charge in [-0.25, -0.2) is 15.0 Å². The Hall–Kier alpha value is -2.30. The first-order valence-electron chi connectivity index (χ1n) is 6.86. The summed E-state index contributed by atoms with van der Waals surface area (Å²) >= 11 is 2.67. The van der Waals surface area contributed by atoms with Crippen molar-refractivity contribution in [2.24, 2.45) is 0 Å². The SMILES string of the molecule is Cc1csc([C@@H](C#N)C(=O)CSc2ncnc3ccccc23)n1. The van der Waals surface area contributed by atoms with Gasteiger partial charge in [0, 0.05) is 16.5 Å². The van der Waals surface area contributed by atoms with E-state index in [1.54, 1.807) is 0 Å². The summed E-state index contributed by atoms with van der Waals surface area (Å²) in [6.07, 6.45) is 1.49. The second-order valence-corrected chi connectivity index (χ2v) is 6.69. The Labute approximate surface area is 141 Å². The van der Waals surface area contributed by atoms with Crippen molar-refractivity contribution in [3.8, 4) is 6.07 Å². The molecule has 3 aromatic rings. The Bertz CT molecular complexity index is 895. The minimum Gasteiger partial charge on any atom is -0.297 e. The molecule has 0 amide bonds. The summed E-state index contributed by atoms with van der Waals surface area (Å²) in [7, 11) is 0. The van der Waals surface area contributed by atoms with E-state index in [4.69, 9.17) is 0 Å². The maximum absolute atomic E-state index is 12.4. The molecule has 7 heteroatoms. The molecule has 114 valence electrons. The highest BCUT2D eigenvalue weighted by Crippen LogP contribution is 2.27. The summed E-state index contributed by atoms with van der Waals surface area (Å²) in [6, 6.07) is 9.70. The van der Waals surface area contributed by atoms with Gasteiger partial charge < -0.3 is 0 Å². The molecule has 0 saturated heterocycles. The zero-order valence-electron chi connectivity index (χ0n) is 12.3. The number of nitrogens with zero attached hydrogens (tertiary/aromatic N) is 4. The normalized spacial score (nSPS) is 12.0. The molecule has 0 bridgehead atoms. The van der Waals surface area contributed by atoms with Crippen LogP contribution in [0, 0.1) is 18.3 Å². The zero-order chi connectivity index (χ0) is 16.2. The van der Waals surface area contributed by atoms with E-state index in [0.717, 1.165) is 21.6 Å². The predicted octanol–water partition coefficient (Wildman–Crippen LogP) is 3.36. The number of hydrogen-bond donors (Lipinski definition) is 0. The van der Waals surface area contributed by atoms with E-state index in [9.17, 15) is 10.1 Å². The molecule has 1 aromatic carbocycles. The van der Waals surface area contributed by atoms with Crippen LogP contribution in [0.5, 0.6) is 0 Å². The van der Waals surface area contributed by atoms with Gasteiger partial charge in [0.1, 0.15) is 16.4 Å². The molecule has 0 aliphatic heterocycles. The van der Waals surface area contributed by atoms with Gasteiger partial charge in [-0.2, -0.15) is 5.26 Å². The molecule has 0 N–H and O–H groups in total. The van der Waals surface area contributed by atoms with Crippen molar-refractivity contribution in [2.45, 2.75) is 17.9 Å². The van der Waals surface area contributed by atoms with Crippen molar-refractivity contribution in [1.29, 1.82) is 5.26 Å². The number of Topliss-reactive ketones (excluding diaryl/α,β-unsaturated/α-hetero) is 1. The number of nitriles is 1. The first-order chi connectivity index (χ1) is 11.2.